The lowest BCUT2D eigenvalue weighted by Gasteiger charge is -2.26. The molecule has 2 aromatic heterocycles. The molecule has 8 aromatic carbocycles. The van der Waals surface area contributed by atoms with Gasteiger partial charge in [0.1, 0.15) is 0 Å². The summed E-state index contributed by atoms with van der Waals surface area (Å²) in [6.07, 6.45) is 0. The smallest absolute Gasteiger partial charge is 0.323 e. The van der Waals surface area contributed by atoms with E-state index in [1.807, 2.05) is 191 Å². The van der Waals surface area contributed by atoms with Gasteiger partial charge in [0.25, 0.3) is 11.8 Å². The number of carbonyl (C=O) groups is 5. The quantitative estimate of drug-likeness (QED) is 0.0374. The summed E-state index contributed by atoms with van der Waals surface area (Å²) in [7, 11) is 0. The maximum atomic E-state index is 15.3. The van der Waals surface area contributed by atoms with Crippen LogP contribution >= 0.6 is 0 Å². The van der Waals surface area contributed by atoms with E-state index in [1.165, 1.54) is 24.3 Å². The molecular formula is C75H80N10O9. The molecule has 0 aliphatic heterocycles. The minimum Gasteiger partial charge on any atom is -0.451 e. The monoisotopic (exact) mass is 1260 g/mol. The number of benzene rings is 8. The van der Waals surface area contributed by atoms with E-state index in [4.69, 9.17) is 20.3 Å². The molecule has 0 radical (unpaired) electrons. The fraction of sp³-hybridized carbons (Fsp3) is 0.267. The highest BCUT2D eigenvalue weighted by Gasteiger charge is 2.31. The molecule has 0 saturated heterocycles. The number of hydrogen-bond donors (Lipinski definition) is 8. The van der Waals surface area contributed by atoms with E-state index < -0.39 is 75.8 Å². The van der Waals surface area contributed by atoms with Crippen LogP contribution in [0.5, 0.6) is 0 Å². The van der Waals surface area contributed by atoms with Crippen molar-refractivity contribution >= 4 is 96.5 Å². The number of rotatable bonds is 18. The third-order valence-corrected chi connectivity index (χ3v) is 17.0. The van der Waals surface area contributed by atoms with Gasteiger partial charge in [-0.2, -0.15) is 0 Å². The Hall–Kier alpha value is -10.6. The molecule has 19 heteroatoms. The van der Waals surface area contributed by atoms with Crippen molar-refractivity contribution in [1.29, 1.82) is 0 Å². The van der Waals surface area contributed by atoms with Gasteiger partial charge in [-0.05, 0) is 120 Å². The van der Waals surface area contributed by atoms with E-state index in [2.05, 4.69) is 31.9 Å². The van der Waals surface area contributed by atoms with E-state index in [9.17, 15) is 19.2 Å². The van der Waals surface area contributed by atoms with Crippen LogP contribution < -0.4 is 54.2 Å². The van der Waals surface area contributed by atoms with Gasteiger partial charge in [0.05, 0.1) is 68.5 Å². The number of hydrogen-bond acceptors (Lipinski definition) is 11. The zero-order chi connectivity index (χ0) is 67.3. The lowest BCUT2D eigenvalue weighted by Crippen LogP contribution is -2.38. The van der Waals surface area contributed by atoms with Crippen molar-refractivity contribution in [3.8, 4) is 0 Å². The predicted molar refractivity (Wildman–Crippen MR) is 374 cm³/mol. The summed E-state index contributed by atoms with van der Waals surface area (Å²) in [5.74, 6) is -0.882. The molecule has 10 rings (SSSR count). The summed E-state index contributed by atoms with van der Waals surface area (Å²) >= 11 is 0. The van der Waals surface area contributed by atoms with Crippen LogP contribution in [0.25, 0.3) is 43.9 Å². The first-order chi connectivity index (χ1) is 44.9. The number of fused-ring (bicyclic) bond motifs is 4. The molecule has 484 valence electrons. The number of nitrogens with one attached hydrogen (secondary N) is 6. The molecule has 0 fully saturated rings. The van der Waals surface area contributed by atoms with Crippen LogP contribution in [0.4, 0.5) is 37.1 Å². The second-order valence-electron chi connectivity index (χ2n) is 25.3. The van der Waals surface area contributed by atoms with Gasteiger partial charge >= 0.3 is 18.1 Å². The van der Waals surface area contributed by atoms with Gasteiger partial charge in [-0.3, -0.25) is 19.2 Å². The molecule has 0 aliphatic rings. The maximum absolute atomic E-state index is 15.3. The number of carbonyl (C=O) groups excluding carboxylic acids is 5. The first-order valence-corrected chi connectivity index (χ1v) is 31.6. The number of nitrogens with zero attached hydrogens (tertiary/aromatic N) is 2. The van der Waals surface area contributed by atoms with Crippen LogP contribution in [0.1, 0.15) is 148 Å². The molecule has 0 bridgehead atoms. The minimum atomic E-state index is -0.974. The average Bonchev–Trinajstić information content (AvgIpc) is 0.748. The number of amides is 8. The van der Waals surface area contributed by atoms with E-state index in [0.717, 1.165) is 22.3 Å². The third-order valence-electron chi connectivity index (χ3n) is 17.0. The highest BCUT2D eigenvalue weighted by atomic mass is 16.3. The zero-order valence-corrected chi connectivity index (χ0v) is 54.5. The van der Waals surface area contributed by atoms with Crippen molar-refractivity contribution in [2.24, 2.45) is 11.5 Å². The molecule has 10 aromatic rings. The summed E-state index contributed by atoms with van der Waals surface area (Å²) in [4.78, 5) is 107. The third kappa shape index (κ3) is 14.1. The first-order valence-electron chi connectivity index (χ1n) is 31.6. The summed E-state index contributed by atoms with van der Waals surface area (Å²) in [5.41, 5.74) is 15.6. The van der Waals surface area contributed by atoms with Crippen molar-refractivity contribution in [3.63, 3.8) is 0 Å². The molecule has 0 unspecified atom stereocenters. The molecule has 94 heavy (non-hydrogen) atoms. The van der Waals surface area contributed by atoms with Crippen LogP contribution in [0.3, 0.4) is 0 Å². The molecule has 0 saturated carbocycles. The van der Waals surface area contributed by atoms with Crippen LogP contribution in [-0.4, -0.2) is 65.9 Å². The van der Waals surface area contributed by atoms with E-state index >= 15 is 14.4 Å². The van der Waals surface area contributed by atoms with Gasteiger partial charge in [-0.25, -0.2) is 14.4 Å². The molecule has 4 atom stereocenters. The second-order valence-corrected chi connectivity index (χ2v) is 25.3. The van der Waals surface area contributed by atoms with E-state index in [-0.39, 0.29) is 77.8 Å². The van der Waals surface area contributed by atoms with Gasteiger partial charge in [0.2, 0.25) is 10.9 Å². The molecule has 0 aliphatic carbocycles. The summed E-state index contributed by atoms with van der Waals surface area (Å²) in [6, 6.07) is 44.7. The Bertz CT molecular complexity index is 4320. The van der Waals surface area contributed by atoms with Crippen LogP contribution in [0.2, 0.25) is 0 Å². The zero-order valence-electron chi connectivity index (χ0n) is 54.5. The Morgan fingerprint density at radius 1 is 0.394 bits per heavy atom. The van der Waals surface area contributed by atoms with Crippen LogP contribution in [0, 0.1) is 0 Å². The van der Waals surface area contributed by atoms with Gasteiger partial charge < -0.3 is 62.0 Å². The Labute approximate surface area is 545 Å². The highest BCUT2D eigenvalue weighted by molar-refractivity contribution is 6.14. The summed E-state index contributed by atoms with van der Waals surface area (Å²) in [6.45, 7) is 20.3. The maximum Gasteiger partial charge on any atom is 0.323 e. The largest absolute Gasteiger partial charge is 0.451 e. The first kappa shape index (κ1) is 66.3. The standard InChI is InChI=1S/C75H80N10O9/c1-11-84(12-2)69(88)47-35-51-63(86)53-39-49(74(5,6)7)41-57(80-72(91)82-61(45-31-23-17-24-32-45)59(76)43-27-19-15-20-28-43)67(53)93-65(51)55(37-47)78-71(90)79-56-38-48(70(89)85(13-3)14-4)36-52-64(87)54-40-50(75(8,9)10)42-58(68(54)94-66(52)56)81-73(92)83-62(46-33-25-18-26-34-46)60(77)44-29-21-16-22-30-44/h15-42,59-62H,11-14,76-77H2,1-10H3,(H2,78,79,90)(H2,80,82,91)(H2,81,83,92)/t59-,60-,61-,62-/m1/s1. The van der Waals surface area contributed by atoms with Crippen molar-refractivity contribution in [1.82, 2.24) is 20.4 Å². The molecule has 2 heterocycles. The van der Waals surface area contributed by atoms with Crippen LogP contribution in [0.15, 0.2) is 188 Å². The van der Waals surface area contributed by atoms with Crippen molar-refractivity contribution in [2.75, 3.05) is 47.4 Å². The number of anilines is 4. The average molecular weight is 1270 g/mol. The number of nitrogens with two attached hydrogens (primary N) is 2. The predicted octanol–water partition coefficient (Wildman–Crippen LogP) is 14.5. The van der Waals surface area contributed by atoms with E-state index in [0.29, 0.717) is 37.3 Å². The van der Waals surface area contributed by atoms with Crippen molar-refractivity contribution < 1.29 is 32.8 Å². The topological polar surface area (TPSA) is 276 Å². The molecular weight excluding hydrogens is 1180 g/mol. The van der Waals surface area contributed by atoms with Crippen molar-refractivity contribution in [2.45, 2.75) is 104 Å². The fourth-order valence-corrected chi connectivity index (χ4v) is 11.7. The Morgan fingerprint density at radius 2 is 0.670 bits per heavy atom. The lowest BCUT2D eigenvalue weighted by molar-refractivity contribution is 0.0765. The molecule has 10 N–H and O–H groups in total. The minimum absolute atomic E-state index is 0.0415. The molecule has 8 amide bonds. The highest BCUT2D eigenvalue weighted by Crippen LogP contribution is 2.39. The Morgan fingerprint density at radius 3 is 0.968 bits per heavy atom. The van der Waals surface area contributed by atoms with E-state index in [1.54, 1.807) is 34.1 Å². The fourth-order valence-electron chi connectivity index (χ4n) is 11.7. The second kappa shape index (κ2) is 27.7. The summed E-state index contributed by atoms with van der Waals surface area (Å²) in [5, 5.41) is 17.8. The molecule has 19 nitrogen and oxygen atoms in total. The number of urea groups is 3. The normalized spacial score (nSPS) is 13.0. The Balaban J connectivity index is 1.10. The Kier molecular flexibility index (Phi) is 19.5. The van der Waals surface area contributed by atoms with Gasteiger partial charge in [-0.1, -0.05) is 163 Å². The van der Waals surface area contributed by atoms with Gasteiger partial charge in [0.15, 0.2) is 22.3 Å². The van der Waals surface area contributed by atoms with Gasteiger partial charge in [-0.15, -0.1) is 0 Å². The molecule has 0 spiro atoms. The summed E-state index contributed by atoms with van der Waals surface area (Å²) < 4.78 is 13.5. The SMILES string of the molecule is CCN(CC)C(=O)c1cc(NC(=O)Nc2cc(C(=O)N(CC)CC)cc3c(=O)c4cc(C(C)(C)C)cc(NC(=O)N[C@H](c5ccccc5)[C@H](N)c5ccccc5)c4oc23)c2oc3c(NC(=O)N[C@H](c4ccccc4)[C@H](N)c4ccccc4)cc(C(C)(C)C)cc3c(=O)c2c1. The lowest BCUT2D eigenvalue weighted by atomic mass is 9.86. The van der Waals surface area contributed by atoms with Gasteiger partial charge in [0, 0.05) is 37.3 Å². The van der Waals surface area contributed by atoms with Crippen LogP contribution in [-0.2, 0) is 10.8 Å². The van der Waals surface area contributed by atoms with Crippen molar-refractivity contribution in [3.05, 3.63) is 235 Å².